The number of ether oxygens (including phenoxy) is 3. The molecule has 0 N–H and O–H groups in total. The Hall–Kier alpha value is -1.39. The lowest BCUT2D eigenvalue weighted by Gasteiger charge is -2.19. The second kappa shape index (κ2) is 8.67. The van der Waals surface area contributed by atoms with Gasteiger partial charge in [0.05, 0.1) is 5.56 Å². The fourth-order valence-electron chi connectivity index (χ4n) is 1.82. The summed E-state index contributed by atoms with van der Waals surface area (Å²) in [4.78, 5) is 11.0. The van der Waals surface area contributed by atoms with Crippen LogP contribution >= 0.6 is 0 Å². The van der Waals surface area contributed by atoms with Crippen LogP contribution < -0.4 is 4.74 Å². The number of benzene rings is 1. The molecule has 0 fully saturated rings. The van der Waals surface area contributed by atoms with Crippen LogP contribution in [-0.4, -0.2) is 32.4 Å². The van der Waals surface area contributed by atoms with E-state index in [2.05, 4.69) is 0 Å². The number of carbonyl (C=O) groups is 1. The van der Waals surface area contributed by atoms with Crippen LogP contribution in [0.15, 0.2) is 18.2 Å². The number of hydrogen-bond acceptors (Lipinski definition) is 4. The molecule has 106 valence electrons. The summed E-state index contributed by atoms with van der Waals surface area (Å²) in [6.07, 6.45) is 1.22. The lowest BCUT2D eigenvalue weighted by Crippen LogP contribution is -2.25. The van der Waals surface area contributed by atoms with Gasteiger partial charge < -0.3 is 14.2 Å². The topological polar surface area (TPSA) is 44.8 Å². The van der Waals surface area contributed by atoms with Crippen molar-refractivity contribution in [2.45, 2.75) is 33.5 Å². The molecule has 0 unspecified atom stereocenters. The van der Waals surface area contributed by atoms with Crippen molar-refractivity contribution in [1.29, 1.82) is 0 Å². The molecular weight excluding hydrogens is 244 g/mol. The molecule has 4 heteroatoms. The zero-order chi connectivity index (χ0) is 14.1. The largest absolute Gasteiger partial charge is 0.487 e. The van der Waals surface area contributed by atoms with E-state index in [0.717, 1.165) is 18.3 Å². The minimum absolute atomic E-state index is 0.277. The fraction of sp³-hybridized carbons (Fsp3) is 0.533. The summed E-state index contributed by atoms with van der Waals surface area (Å²) in [5.41, 5.74) is 1.57. The van der Waals surface area contributed by atoms with Crippen molar-refractivity contribution in [1.82, 2.24) is 0 Å². The van der Waals surface area contributed by atoms with Gasteiger partial charge in [-0.1, -0.05) is 19.1 Å². The molecule has 0 aliphatic heterocycles. The van der Waals surface area contributed by atoms with Gasteiger partial charge in [0.1, 0.15) is 12.4 Å². The predicted octanol–water partition coefficient (Wildman–Crippen LogP) is 2.84. The second-order valence-corrected chi connectivity index (χ2v) is 3.96. The van der Waals surface area contributed by atoms with Gasteiger partial charge in [-0.05, 0) is 31.9 Å². The average molecular weight is 266 g/mol. The number of aryl methyl sites for hydroxylation is 1. The molecule has 0 aromatic heterocycles. The van der Waals surface area contributed by atoms with Crippen LogP contribution in [0.25, 0.3) is 0 Å². The van der Waals surface area contributed by atoms with Gasteiger partial charge in [0.15, 0.2) is 12.6 Å². The van der Waals surface area contributed by atoms with E-state index in [0.29, 0.717) is 24.5 Å². The average Bonchev–Trinajstić information content (AvgIpc) is 2.44. The van der Waals surface area contributed by atoms with E-state index in [9.17, 15) is 4.79 Å². The summed E-state index contributed by atoms with van der Waals surface area (Å²) in [6, 6.07) is 5.56. The van der Waals surface area contributed by atoms with E-state index in [-0.39, 0.29) is 6.61 Å². The summed E-state index contributed by atoms with van der Waals surface area (Å²) in [7, 11) is 0. The Labute approximate surface area is 114 Å². The SMILES string of the molecule is CCOC(COc1c(C=O)cccc1CC)OCC. The van der Waals surface area contributed by atoms with E-state index in [1.54, 1.807) is 6.07 Å². The highest BCUT2D eigenvalue weighted by molar-refractivity contribution is 5.80. The predicted molar refractivity (Wildman–Crippen MR) is 73.7 cm³/mol. The molecule has 0 spiro atoms. The maximum absolute atomic E-state index is 11.0. The summed E-state index contributed by atoms with van der Waals surface area (Å²) in [6.45, 7) is 7.23. The van der Waals surface area contributed by atoms with Crippen molar-refractivity contribution in [2.24, 2.45) is 0 Å². The number of carbonyl (C=O) groups excluding carboxylic acids is 1. The van der Waals surface area contributed by atoms with Crippen molar-refractivity contribution < 1.29 is 19.0 Å². The van der Waals surface area contributed by atoms with Gasteiger partial charge in [0, 0.05) is 13.2 Å². The molecule has 0 radical (unpaired) electrons. The molecule has 4 nitrogen and oxygen atoms in total. The van der Waals surface area contributed by atoms with Crippen LogP contribution in [0.5, 0.6) is 5.75 Å². The number of aldehydes is 1. The first-order chi connectivity index (χ1) is 9.26. The highest BCUT2D eigenvalue weighted by atomic mass is 16.7. The Kier molecular flexibility index (Phi) is 7.15. The lowest BCUT2D eigenvalue weighted by molar-refractivity contribution is -0.152. The quantitative estimate of drug-likeness (QED) is 0.509. The Morgan fingerprint density at radius 3 is 2.37 bits per heavy atom. The molecule has 19 heavy (non-hydrogen) atoms. The number of para-hydroxylation sites is 1. The second-order valence-electron chi connectivity index (χ2n) is 3.96. The Balaban J connectivity index is 2.77. The van der Waals surface area contributed by atoms with Crippen molar-refractivity contribution >= 4 is 6.29 Å². The molecule has 0 bridgehead atoms. The first kappa shape index (κ1) is 15.7. The molecular formula is C15H22O4. The van der Waals surface area contributed by atoms with Crippen LogP contribution in [-0.2, 0) is 15.9 Å². The van der Waals surface area contributed by atoms with Crippen LogP contribution in [0, 0.1) is 0 Å². The summed E-state index contributed by atoms with van der Waals surface area (Å²) >= 11 is 0. The fourth-order valence-corrected chi connectivity index (χ4v) is 1.82. The molecule has 0 aliphatic carbocycles. The van der Waals surface area contributed by atoms with Crippen LogP contribution in [0.3, 0.4) is 0 Å². The Morgan fingerprint density at radius 2 is 1.84 bits per heavy atom. The first-order valence-corrected chi connectivity index (χ1v) is 6.69. The molecule has 1 rings (SSSR count). The van der Waals surface area contributed by atoms with Crippen molar-refractivity contribution in [3.8, 4) is 5.75 Å². The van der Waals surface area contributed by atoms with Crippen molar-refractivity contribution in [2.75, 3.05) is 19.8 Å². The molecule has 0 saturated carbocycles. The normalized spacial score (nSPS) is 10.7. The van der Waals surface area contributed by atoms with E-state index in [1.807, 2.05) is 32.9 Å². The molecule has 1 aromatic carbocycles. The summed E-state index contributed by atoms with van der Waals surface area (Å²) in [5, 5.41) is 0. The van der Waals surface area contributed by atoms with Crippen molar-refractivity contribution in [3.63, 3.8) is 0 Å². The maximum atomic E-state index is 11.0. The number of rotatable bonds is 9. The molecule has 0 atom stereocenters. The standard InChI is InChI=1S/C15H22O4/c1-4-12-8-7-9-13(10-16)15(12)19-11-14(17-5-2)18-6-3/h7-10,14H,4-6,11H2,1-3H3. The van der Waals surface area contributed by atoms with Gasteiger partial charge in [-0.2, -0.15) is 0 Å². The summed E-state index contributed by atoms with van der Waals surface area (Å²) in [5.74, 6) is 0.629. The first-order valence-electron chi connectivity index (χ1n) is 6.69. The van der Waals surface area contributed by atoms with E-state index >= 15 is 0 Å². The van der Waals surface area contributed by atoms with Gasteiger partial charge in [0.2, 0.25) is 0 Å². The van der Waals surface area contributed by atoms with E-state index in [1.165, 1.54) is 0 Å². The van der Waals surface area contributed by atoms with Gasteiger partial charge in [0.25, 0.3) is 0 Å². The Bertz CT molecular complexity index is 384. The Morgan fingerprint density at radius 1 is 1.16 bits per heavy atom. The van der Waals surface area contributed by atoms with Gasteiger partial charge >= 0.3 is 0 Å². The highest BCUT2D eigenvalue weighted by Gasteiger charge is 2.13. The van der Waals surface area contributed by atoms with Gasteiger partial charge in [-0.25, -0.2) is 0 Å². The smallest absolute Gasteiger partial charge is 0.191 e. The monoisotopic (exact) mass is 266 g/mol. The van der Waals surface area contributed by atoms with Crippen molar-refractivity contribution in [3.05, 3.63) is 29.3 Å². The van der Waals surface area contributed by atoms with E-state index in [4.69, 9.17) is 14.2 Å². The molecule has 0 aliphatic rings. The number of hydrogen-bond donors (Lipinski definition) is 0. The minimum Gasteiger partial charge on any atom is -0.487 e. The van der Waals surface area contributed by atoms with Crippen LogP contribution in [0.4, 0.5) is 0 Å². The highest BCUT2D eigenvalue weighted by Crippen LogP contribution is 2.23. The van der Waals surface area contributed by atoms with Crippen LogP contribution in [0.2, 0.25) is 0 Å². The van der Waals surface area contributed by atoms with E-state index < -0.39 is 6.29 Å². The maximum Gasteiger partial charge on any atom is 0.191 e. The molecule has 0 heterocycles. The third-order valence-electron chi connectivity index (χ3n) is 2.70. The molecule has 1 aromatic rings. The van der Waals surface area contributed by atoms with Gasteiger partial charge in [-0.15, -0.1) is 0 Å². The third-order valence-corrected chi connectivity index (χ3v) is 2.70. The third kappa shape index (κ3) is 4.65. The minimum atomic E-state index is -0.403. The molecule has 0 saturated heterocycles. The molecule has 0 amide bonds. The zero-order valence-electron chi connectivity index (χ0n) is 11.8. The van der Waals surface area contributed by atoms with Crippen LogP contribution in [0.1, 0.15) is 36.7 Å². The lowest BCUT2D eigenvalue weighted by atomic mass is 10.1. The van der Waals surface area contributed by atoms with Gasteiger partial charge in [-0.3, -0.25) is 4.79 Å². The summed E-state index contributed by atoms with van der Waals surface area (Å²) < 4.78 is 16.6. The zero-order valence-corrected chi connectivity index (χ0v) is 11.8.